The fourth-order valence-corrected chi connectivity index (χ4v) is 18.2. The summed E-state index contributed by atoms with van der Waals surface area (Å²) in [6.07, 6.45) is 17.4. The summed E-state index contributed by atoms with van der Waals surface area (Å²) in [5.74, 6) is 2.79. The third kappa shape index (κ3) is 26.4. The lowest BCUT2D eigenvalue weighted by Crippen LogP contribution is -2.45. The predicted molar refractivity (Wildman–Crippen MR) is 550 cm³/mol. The molecule has 0 spiro atoms. The number of piperazine rings is 1. The first-order chi connectivity index (χ1) is 70.6. The molecular formula is C103H112N28O13S. The number of hydrogen-bond acceptors (Lipinski definition) is 32. The van der Waals surface area contributed by atoms with Gasteiger partial charge in [0.1, 0.15) is 16.9 Å². The van der Waals surface area contributed by atoms with E-state index < -0.39 is 47.1 Å². The minimum Gasteiger partial charge on any atom is -0.481 e. The SMILES string of the molecule is CCOC(=O)Nc1nc2c(-c3cc(C(C)C(=O)O)ccn3)cc(-c3ccc(CN4CCOCC4)nc3)cc2[nH]1.CCOC(=O)Nc1nc2c(-c3ccccn3)cc(-c3cnc(CN4C[C@@H](C)O[C@@H](C)C4)nc3)cc2[nH]1.CCOC(=O)Nc1nc2c(-c3ncccn3)cc(-c3ccc(CN4CCN(C)CC4)nc3)cc2[nH]1.CCOC(=O)Nc1nc2c(-c3ncccn3)cc(-c3ccc(CN4CCS(=O)CC4)nc3)cc2[nH]1. The van der Waals surface area contributed by atoms with E-state index in [0.717, 1.165) is 216 Å². The van der Waals surface area contributed by atoms with E-state index in [0.29, 0.717) is 74.5 Å². The molecule has 4 saturated heterocycles. The normalized spacial score (nSPS) is 15.6. The van der Waals surface area contributed by atoms with Gasteiger partial charge in [-0.05, 0) is 186 Å². The molecule has 16 aromatic rings. The van der Waals surface area contributed by atoms with Crippen LogP contribution in [0.25, 0.3) is 134 Å². The zero-order valence-electron chi connectivity index (χ0n) is 81.5. The second-order valence-corrected chi connectivity index (χ2v) is 36.5. The standard InChI is InChI=1S/C28H30N6O5.C26H29N7O3.C25H28N8O2.C24H25N7O3S/c1-3-39-28(37)33-27-31-24-14-20(19-4-5-21(30-15-19)16-34-8-10-38-11-9-34)12-22(25(24)32-27)23-13-18(6-7-29-23)17(2)26(35)36;1-4-35-26(34)32-25-30-22-10-18(9-20(24(22)31-25)21-7-5-6-8-27-21)19-11-28-23(29-12-19)15-33-13-16(2)36-17(3)14-33;1-3-35-25(34)31-24-29-21-14-18(13-20(22(21)30-24)23-26-7-4-8-27-23)17-5-6-19(28-15-17)16-33-11-9-32(2)10-12-33;1-2-34-24(32)30-23-28-20-13-17(12-19(21(20)29-23)22-25-6-3-7-26-22)16-4-5-18(27-14-16)15-31-8-10-35(33)11-9-31/h4-7,12-15,17H,3,8-11,16H2,1-2H3,(H,35,36)(H2,31,32,33,37);5-12,16-17H,4,13-15H2,1-3H3,(H2,30,31,32,34);4-8,13-15H,3,9-12,16H2,1-2H3,(H2,29,30,31,34);3-7,12-14H,2,8-11,15H2,1H3,(H2,28,29,30,32)/t;16-,17+;;. The van der Waals surface area contributed by atoms with Gasteiger partial charge in [-0.3, -0.25) is 74.8 Å². The first-order valence-corrected chi connectivity index (χ1v) is 49.4. The number of rotatable bonds is 26. The molecule has 0 bridgehead atoms. The largest absolute Gasteiger partial charge is 0.481 e. The third-order valence-corrected chi connectivity index (χ3v) is 25.6. The number of benzene rings is 4. The van der Waals surface area contributed by atoms with Crippen molar-refractivity contribution < 1.29 is 61.7 Å². The number of H-pyrrole nitrogens is 4. The van der Waals surface area contributed by atoms with Crippen LogP contribution in [-0.4, -0.2) is 295 Å². The highest BCUT2D eigenvalue weighted by molar-refractivity contribution is 7.85. The molecule has 0 radical (unpaired) electrons. The van der Waals surface area contributed by atoms with Gasteiger partial charge >= 0.3 is 30.3 Å². The predicted octanol–water partition coefficient (Wildman–Crippen LogP) is 15.1. The van der Waals surface area contributed by atoms with E-state index in [-0.39, 0.29) is 50.5 Å². The summed E-state index contributed by atoms with van der Waals surface area (Å²) >= 11 is 0. The molecule has 0 aliphatic carbocycles. The topological polar surface area (TPSA) is 499 Å². The van der Waals surface area contributed by atoms with E-state index in [1.807, 2.05) is 122 Å². The average Bonchev–Trinajstić information content (AvgIpc) is 1.66. The molecule has 4 aromatic carbocycles. The maximum Gasteiger partial charge on any atom is 0.413 e. The van der Waals surface area contributed by atoms with Crippen molar-refractivity contribution in [3.63, 3.8) is 0 Å². The van der Waals surface area contributed by atoms with Gasteiger partial charge in [-0.1, -0.05) is 24.3 Å². The maximum absolute atomic E-state index is 12.0. The fraction of sp³-hybridized carbons (Fsp3) is 0.320. The highest BCUT2D eigenvalue weighted by Gasteiger charge is 2.28. The van der Waals surface area contributed by atoms with E-state index in [1.54, 1.807) is 96.1 Å². The number of hydrogen-bond donors (Lipinski definition) is 9. The van der Waals surface area contributed by atoms with E-state index in [1.165, 1.54) is 0 Å². The molecule has 748 valence electrons. The van der Waals surface area contributed by atoms with Crippen molar-refractivity contribution in [2.45, 2.75) is 92.8 Å². The van der Waals surface area contributed by atoms with Gasteiger partial charge in [0.25, 0.3) is 0 Å². The highest BCUT2D eigenvalue weighted by atomic mass is 32.2. The second-order valence-electron chi connectivity index (χ2n) is 34.8. The molecular weight excluding hydrogens is 1870 g/mol. The smallest absolute Gasteiger partial charge is 0.413 e. The van der Waals surface area contributed by atoms with Crippen LogP contribution in [0, 0.1) is 0 Å². The third-order valence-electron chi connectivity index (χ3n) is 24.3. The molecule has 4 amide bonds. The number of morpholine rings is 2. The van der Waals surface area contributed by atoms with Crippen LogP contribution in [0.1, 0.15) is 82.9 Å². The first-order valence-electron chi connectivity index (χ1n) is 48.0. The van der Waals surface area contributed by atoms with Crippen LogP contribution in [0.2, 0.25) is 0 Å². The summed E-state index contributed by atoms with van der Waals surface area (Å²) in [7, 11) is 1.47. The Morgan fingerprint density at radius 1 is 0.407 bits per heavy atom. The number of aliphatic carboxylic acids is 1. The number of carbonyl (C=O) groups is 5. The Balaban J connectivity index is 0.000000133. The van der Waals surface area contributed by atoms with Gasteiger partial charge in [0, 0.05) is 220 Å². The Labute approximate surface area is 836 Å². The lowest BCUT2D eigenvalue weighted by atomic mass is 9.97. The van der Waals surface area contributed by atoms with Crippen LogP contribution in [0.3, 0.4) is 0 Å². The lowest BCUT2D eigenvalue weighted by Gasteiger charge is -2.34. The molecule has 145 heavy (non-hydrogen) atoms. The van der Waals surface area contributed by atoms with Crippen LogP contribution < -0.4 is 21.3 Å². The number of aromatic nitrogens is 19. The van der Waals surface area contributed by atoms with Gasteiger partial charge in [-0.15, -0.1) is 0 Å². The summed E-state index contributed by atoms with van der Waals surface area (Å²) in [5.41, 5.74) is 20.7. The van der Waals surface area contributed by atoms with E-state index in [9.17, 15) is 33.3 Å². The van der Waals surface area contributed by atoms with Gasteiger partial charge in [-0.25, -0.2) is 69.0 Å². The van der Waals surface area contributed by atoms with Crippen LogP contribution in [0.5, 0.6) is 0 Å². The Kier molecular flexibility index (Phi) is 33.2. The van der Waals surface area contributed by atoms with Gasteiger partial charge in [-0.2, -0.15) is 0 Å². The zero-order chi connectivity index (χ0) is 101. The highest BCUT2D eigenvalue weighted by Crippen LogP contribution is 2.39. The molecule has 1 unspecified atom stereocenters. The van der Waals surface area contributed by atoms with Gasteiger partial charge in [0.2, 0.25) is 23.8 Å². The molecule has 41 nitrogen and oxygen atoms in total. The summed E-state index contributed by atoms with van der Waals surface area (Å²) in [4.78, 5) is 152. The number of ether oxygens (including phenoxy) is 6. The number of anilines is 4. The minimum atomic E-state index is -0.921. The van der Waals surface area contributed by atoms with Gasteiger partial charge < -0.3 is 58.4 Å². The number of pyridine rings is 5. The lowest BCUT2D eigenvalue weighted by molar-refractivity contribution is -0.138. The molecule has 20 rings (SSSR count). The summed E-state index contributed by atoms with van der Waals surface area (Å²) in [6.45, 7) is 27.7. The summed E-state index contributed by atoms with van der Waals surface area (Å²) < 4.78 is 42.7. The number of carbonyl (C=O) groups excluding carboxylic acids is 4. The van der Waals surface area contributed by atoms with Gasteiger partial charge in [0.15, 0.2) is 11.6 Å². The van der Waals surface area contributed by atoms with Crippen molar-refractivity contribution in [3.05, 3.63) is 224 Å². The maximum atomic E-state index is 12.0. The van der Waals surface area contributed by atoms with Crippen molar-refractivity contribution in [2.75, 3.05) is 145 Å². The molecule has 4 aliphatic heterocycles. The zero-order valence-corrected chi connectivity index (χ0v) is 82.3. The molecule has 16 heterocycles. The van der Waals surface area contributed by atoms with Gasteiger partial charge in [0.05, 0.1) is 126 Å². The quantitative estimate of drug-likeness (QED) is 0.0227. The number of nitrogens with zero attached hydrogens (tertiary/aromatic N) is 20. The number of amides is 4. The Morgan fingerprint density at radius 3 is 1.19 bits per heavy atom. The Bertz CT molecular complexity index is 7160. The molecule has 0 saturated carbocycles. The number of imidazole rings is 4. The number of aromatic amines is 4. The molecule has 12 aromatic heterocycles. The minimum absolute atomic E-state index is 0.197. The van der Waals surface area contributed by atoms with E-state index in [4.69, 9.17) is 38.4 Å². The van der Waals surface area contributed by atoms with Crippen LogP contribution in [0.15, 0.2) is 196 Å². The molecule has 9 N–H and O–H groups in total. The number of fused-ring (bicyclic) bond motifs is 4. The first kappa shape index (κ1) is 101. The summed E-state index contributed by atoms with van der Waals surface area (Å²) in [5, 5.41) is 20.0. The average molecular weight is 1980 g/mol. The van der Waals surface area contributed by atoms with E-state index >= 15 is 0 Å². The number of carboxylic acids is 1. The summed E-state index contributed by atoms with van der Waals surface area (Å²) in [6, 6.07) is 40.8. The molecule has 3 atom stereocenters. The van der Waals surface area contributed by atoms with Crippen molar-refractivity contribution in [1.29, 1.82) is 0 Å². The van der Waals surface area contributed by atoms with Crippen molar-refractivity contribution >= 4 is 109 Å². The van der Waals surface area contributed by atoms with Crippen molar-refractivity contribution in [1.82, 2.24) is 119 Å². The van der Waals surface area contributed by atoms with Crippen LogP contribution in [-0.2, 0) is 70.2 Å². The number of likely N-dealkylation sites (N-methyl/N-ethyl adjacent to an activating group) is 1. The van der Waals surface area contributed by atoms with E-state index in [2.05, 4.69) is 164 Å². The monoisotopic (exact) mass is 1980 g/mol. The second kappa shape index (κ2) is 47.8. The number of carboxylic acid groups (broad SMARTS) is 1. The Morgan fingerprint density at radius 2 is 0.786 bits per heavy atom. The number of nitrogens with one attached hydrogen (secondary N) is 8. The van der Waals surface area contributed by atoms with Crippen molar-refractivity contribution in [3.8, 4) is 89.8 Å². The molecule has 4 fully saturated rings. The molecule has 4 aliphatic rings. The molecule has 42 heteroatoms. The van der Waals surface area contributed by atoms with Crippen molar-refractivity contribution in [2.24, 2.45) is 0 Å². The van der Waals surface area contributed by atoms with Crippen LogP contribution in [0.4, 0.5) is 43.0 Å². The van der Waals surface area contributed by atoms with Crippen LogP contribution >= 0.6 is 0 Å². The fourth-order valence-electron chi connectivity index (χ4n) is 17.1. The Hall–Kier alpha value is -15.8.